The van der Waals surface area contributed by atoms with Gasteiger partial charge in [0, 0.05) is 24.5 Å². The number of aromatic nitrogens is 1. The van der Waals surface area contributed by atoms with Crippen LogP contribution in [0.25, 0.3) is 0 Å². The molecule has 1 atom stereocenters. The van der Waals surface area contributed by atoms with Gasteiger partial charge in [-0.3, -0.25) is 4.90 Å². The second-order valence-electron chi connectivity index (χ2n) is 8.43. The van der Waals surface area contributed by atoms with Crippen LogP contribution in [0.2, 0.25) is 0 Å². The predicted molar refractivity (Wildman–Crippen MR) is 126 cm³/mol. The maximum atomic E-state index is 13.4. The largest absolute Gasteiger partial charge is 0.466 e. The predicted octanol–water partition coefficient (Wildman–Crippen LogP) is 4.18. The highest BCUT2D eigenvalue weighted by Gasteiger charge is 2.40. The molecule has 0 spiro atoms. The molecule has 0 saturated carbocycles. The van der Waals surface area contributed by atoms with E-state index in [0.29, 0.717) is 24.5 Å². The Hall–Kier alpha value is -3.66. The Labute approximate surface area is 207 Å². The number of rotatable bonds is 8. The highest BCUT2D eigenvalue weighted by molar-refractivity contribution is 5.99. The first-order valence-corrected chi connectivity index (χ1v) is 11.2. The molecule has 1 aliphatic heterocycles. The summed E-state index contributed by atoms with van der Waals surface area (Å²) in [6.45, 7) is 4.28. The number of nitrogens with zero attached hydrogens (tertiary/aromatic N) is 2. The van der Waals surface area contributed by atoms with E-state index in [-0.39, 0.29) is 23.4 Å². The number of carbonyl (C=O) groups is 2. The third-order valence-corrected chi connectivity index (χ3v) is 5.74. The van der Waals surface area contributed by atoms with E-state index in [0.717, 1.165) is 18.7 Å². The van der Waals surface area contributed by atoms with Gasteiger partial charge in [0.15, 0.2) is 0 Å². The zero-order valence-electron chi connectivity index (χ0n) is 20.5. The molecule has 0 fully saturated rings. The first-order valence-electron chi connectivity index (χ1n) is 11.2. The van der Waals surface area contributed by atoms with Crippen LogP contribution in [0.15, 0.2) is 71.1 Å². The number of halogens is 3. The van der Waals surface area contributed by atoms with Crippen molar-refractivity contribution in [3.8, 4) is 0 Å². The Kier molecular flexibility index (Phi) is 8.52. The zero-order chi connectivity index (χ0) is 26.5. The van der Waals surface area contributed by atoms with E-state index in [1.165, 1.54) is 12.1 Å². The molecule has 0 bridgehead atoms. The van der Waals surface area contributed by atoms with Crippen LogP contribution in [0.3, 0.4) is 0 Å². The van der Waals surface area contributed by atoms with Crippen molar-refractivity contribution in [2.24, 2.45) is 0 Å². The zero-order valence-corrected chi connectivity index (χ0v) is 20.5. The molecule has 2 aromatic rings. The molecule has 10 heteroatoms. The van der Waals surface area contributed by atoms with Gasteiger partial charge >= 0.3 is 18.1 Å². The number of benzene rings is 1. The minimum absolute atomic E-state index is 0.00135. The fourth-order valence-corrected chi connectivity index (χ4v) is 4.06. The highest BCUT2D eigenvalue weighted by atomic mass is 19.4. The lowest BCUT2D eigenvalue weighted by molar-refractivity contribution is -0.141. The van der Waals surface area contributed by atoms with Crippen molar-refractivity contribution in [3.05, 3.63) is 88.0 Å². The number of hydrogen-bond donors (Lipinski definition) is 1. The second-order valence-corrected chi connectivity index (χ2v) is 8.43. The van der Waals surface area contributed by atoms with Gasteiger partial charge < -0.3 is 14.8 Å². The van der Waals surface area contributed by atoms with Crippen LogP contribution in [0.5, 0.6) is 0 Å². The summed E-state index contributed by atoms with van der Waals surface area (Å²) < 4.78 is 50.5. The van der Waals surface area contributed by atoms with E-state index < -0.39 is 29.7 Å². The molecule has 1 aromatic heterocycles. The fourth-order valence-electron chi connectivity index (χ4n) is 4.06. The van der Waals surface area contributed by atoms with Crippen LogP contribution in [0, 0.1) is 0 Å². The summed E-state index contributed by atoms with van der Waals surface area (Å²) in [5, 5.41) is 2.95. The number of esters is 2. The summed E-state index contributed by atoms with van der Waals surface area (Å²) in [7, 11) is 3.04. The van der Waals surface area contributed by atoms with Crippen LogP contribution in [0.4, 0.5) is 13.2 Å². The average molecular weight is 504 g/mol. The monoisotopic (exact) mass is 503 g/mol. The molecule has 7 nitrogen and oxygen atoms in total. The van der Waals surface area contributed by atoms with E-state index in [2.05, 4.69) is 10.3 Å². The SMILES string of the molecule is COC(=O)C1=C(C)NC(C)=C(C(=O)OCCN(C)Cc2ccccc2)C1c1cccc(C(F)(F)F)n1. The number of ether oxygens (including phenoxy) is 2. The Morgan fingerprint density at radius 2 is 1.64 bits per heavy atom. The third kappa shape index (κ3) is 6.31. The molecule has 1 unspecified atom stereocenters. The summed E-state index contributed by atoms with van der Waals surface area (Å²) in [6.07, 6.45) is -4.70. The number of pyridine rings is 1. The molecule has 0 amide bonds. The fraction of sp³-hybridized carbons (Fsp3) is 0.346. The quantitative estimate of drug-likeness (QED) is 0.542. The first-order chi connectivity index (χ1) is 17.0. The molecule has 3 rings (SSSR count). The third-order valence-electron chi connectivity index (χ3n) is 5.74. The Morgan fingerprint density at radius 3 is 2.25 bits per heavy atom. The van der Waals surface area contributed by atoms with E-state index >= 15 is 0 Å². The molecule has 2 heterocycles. The van der Waals surface area contributed by atoms with Crippen molar-refractivity contribution in [1.82, 2.24) is 15.2 Å². The highest BCUT2D eigenvalue weighted by Crippen LogP contribution is 2.39. The normalized spacial score (nSPS) is 16.2. The lowest BCUT2D eigenvalue weighted by atomic mass is 9.82. The van der Waals surface area contributed by atoms with Crippen LogP contribution in [-0.4, -0.2) is 49.1 Å². The van der Waals surface area contributed by atoms with Crippen molar-refractivity contribution in [3.63, 3.8) is 0 Å². The van der Waals surface area contributed by atoms with Crippen LogP contribution in [0.1, 0.15) is 36.7 Å². The van der Waals surface area contributed by atoms with Crippen molar-refractivity contribution >= 4 is 11.9 Å². The standard InChI is InChI=1S/C26H28F3N3O4/c1-16-21(24(33)35-4)23(19-11-8-12-20(31-19)26(27,28)29)22(17(2)30-16)25(34)36-14-13-32(3)15-18-9-6-5-7-10-18/h5-12,23,30H,13-15H2,1-4H3. The number of dihydropyridines is 1. The summed E-state index contributed by atoms with van der Waals surface area (Å²) in [6, 6.07) is 13.1. The maximum Gasteiger partial charge on any atom is 0.433 e. The van der Waals surface area contributed by atoms with E-state index in [1.54, 1.807) is 13.8 Å². The summed E-state index contributed by atoms with van der Waals surface area (Å²) in [5.41, 5.74) is 0.545. The van der Waals surface area contributed by atoms with Crippen LogP contribution < -0.4 is 5.32 Å². The number of allylic oxidation sites excluding steroid dienone is 2. The smallest absolute Gasteiger partial charge is 0.433 e. The van der Waals surface area contributed by atoms with Gasteiger partial charge in [-0.05, 0) is 38.6 Å². The van der Waals surface area contributed by atoms with E-state index in [1.807, 2.05) is 42.3 Å². The minimum Gasteiger partial charge on any atom is -0.466 e. The lowest BCUT2D eigenvalue weighted by Crippen LogP contribution is -2.33. The number of alkyl halides is 3. The van der Waals surface area contributed by atoms with Gasteiger partial charge in [-0.15, -0.1) is 0 Å². The summed E-state index contributed by atoms with van der Waals surface area (Å²) in [4.78, 5) is 31.6. The summed E-state index contributed by atoms with van der Waals surface area (Å²) in [5.74, 6) is -2.74. The molecule has 192 valence electrons. The Morgan fingerprint density at radius 1 is 1.00 bits per heavy atom. The molecule has 36 heavy (non-hydrogen) atoms. The number of nitrogens with one attached hydrogen (secondary N) is 1. The molecule has 1 aliphatic rings. The van der Waals surface area contributed by atoms with Gasteiger partial charge in [0.25, 0.3) is 0 Å². The maximum absolute atomic E-state index is 13.4. The molecule has 1 aromatic carbocycles. The van der Waals surface area contributed by atoms with E-state index in [4.69, 9.17) is 9.47 Å². The van der Waals surface area contributed by atoms with Gasteiger partial charge in [-0.1, -0.05) is 36.4 Å². The number of hydrogen-bond acceptors (Lipinski definition) is 7. The molecule has 0 radical (unpaired) electrons. The number of methoxy groups -OCH3 is 1. The van der Waals surface area contributed by atoms with Crippen molar-refractivity contribution in [2.75, 3.05) is 27.3 Å². The molecule has 0 saturated heterocycles. The second kappa shape index (κ2) is 11.4. The minimum atomic E-state index is -4.70. The Bertz CT molecular complexity index is 1180. The Balaban J connectivity index is 1.86. The van der Waals surface area contributed by atoms with Crippen molar-refractivity contribution < 1.29 is 32.2 Å². The summed E-state index contributed by atoms with van der Waals surface area (Å²) >= 11 is 0. The van der Waals surface area contributed by atoms with Gasteiger partial charge in [-0.25, -0.2) is 14.6 Å². The van der Waals surface area contributed by atoms with Gasteiger partial charge in [-0.2, -0.15) is 13.2 Å². The number of likely N-dealkylation sites (N-methyl/N-ethyl adjacent to an activating group) is 1. The van der Waals surface area contributed by atoms with Crippen molar-refractivity contribution in [1.29, 1.82) is 0 Å². The molecule has 1 N–H and O–H groups in total. The average Bonchev–Trinajstić information content (AvgIpc) is 2.83. The lowest BCUT2D eigenvalue weighted by Gasteiger charge is -2.30. The first kappa shape index (κ1) is 26.9. The number of carbonyl (C=O) groups excluding carboxylic acids is 2. The van der Waals surface area contributed by atoms with Crippen LogP contribution in [-0.2, 0) is 31.8 Å². The van der Waals surface area contributed by atoms with E-state index in [9.17, 15) is 22.8 Å². The molecular formula is C26H28F3N3O4. The van der Waals surface area contributed by atoms with Gasteiger partial charge in [0.2, 0.25) is 0 Å². The topological polar surface area (TPSA) is 80.8 Å². The molecular weight excluding hydrogens is 475 g/mol. The molecule has 0 aliphatic carbocycles. The van der Waals surface area contributed by atoms with Gasteiger partial charge in [0.05, 0.1) is 29.9 Å². The van der Waals surface area contributed by atoms with Crippen molar-refractivity contribution in [2.45, 2.75) is 32.5 Å². The van der Waals surface area contributed by atoms with Gasteiger partial charge in [0.1, 0.15) is 12.3 Å². The van der Waals surface area contributed by atoms with Crippen LogP contribution >= 0.6 is 0 Å².